The Balaban J connectivity index is 2.47. The third-order valence-electron chi connectivity index (χ3n) is 3.49. The Kier molecular flexibility index (Phi) is 4.41. The van der Waals surface area contributed by atoms with Gasteiger partial charge >= 0.3 is 0 Å². The van der Waals surface area contributed by atoms with Crippen molar-refractivity contribution in [3.8, 4) is 0 Å². The van der Waals surface area contributed by atoms with E-state index in [2.05, 4.69) is 45.1 Å². The second-order valence-electron chi connectivity index (χ2n) is 4.94. The van der Waals surface area contributed by atoms with Crippen molar-refractivity contribution in [1.29, 1.82) is 0 Å². The molecular formula is C16H23NS. The SMILES string of the molecule is CCCNCc1sc2c(C)ccc(C)c2c1CC. The van der Waals surface area contributed by atoms with E-state index in [0.717, 1.165) is 19.5 Å². The van der Waals surface area contributed by atoms with Crippen molar-refractivity contribution in [2.75, 3.05) is 6.54 Å². The minimum atomic E-state index is 1.02. The van der Waals surface area contributed by atoms with Crippen LogP contribution >= 0.6 is 11.3 Å². The minimum Gasteiger partial charge on any atom is -0.312 e. The molecule has 0 bridgehead atoms. The van der Waals surface area contributed by atoms with Crippen molar-refractivity contribution in [1.82, 2.24) is 5.32 Å². The smallest absolute Gasteiger partial charge is 0.0380 e. The van der Waals surface area contributed by atoms with Gasteiger partial charge < -0.3 is 5.32 Å². The number of thiophene rings is 1. The summed E-state index contributed by atoms with van der Waals surface area (Å²) in [4.78, 5) is 1.53. The number of benzene rings is 1. The predicted octanol–water partition coefficient (Wildman–Crippen LogP) is 4.58. The van der Waals surface area contributed by atoms with Gasteiger partial charge in [-0.25, -0.2) is 0 Å². The van der Waals surface area contributed by atoms with E-state index in [1.54, 1.807) is 5.56 Å². The molecule has 0 saturated carbocycles. The Morgan fingerprint density at radius 1 is 1.11 bits per heavy atom. The predicted molar refractivity (Wildman–Crippen MR) is 82.7 cm³/mol. The minimum absolute atomic E-state index is 1.02. The van der Waals surface area contributed by atoms with Crippen LogP contribution in [0.2, 0.25) is 0 Å². The summed E-state index contributed by atoms with van der Waals surface area (Å²) < 4.78 is 1.49. The van der Waals surface area contributed by atoms with E-state index in [9.17, 15) is 0 Å². The molecule has 18 heavy (non-hydrogen) atoms. The number of hydrogen-bond acceptors (Lipinski definition) is 2. The molecule has 0 aliphatic carbocycles. The van der Waals surface area contributed by atoms with Crippen molar-refractivity contribution in [2.24, 2.45) is 0 Å². The molecule has 98 valence electrons. The molecule has 0 fully saturated rings. The molecule has 0 amide bonds. The Morgan fingerprint density at radius 3 is 2.50 bits per heavy atom. The van der Waals surface area contributed by atoms with Crippen LogP contribution in [0, 0.1) is 13.8 Å². The maximum atomic E-state index is 3.54. The van der Waals surface area contributed by atoms with Gasteiger partial charge in [0, 0.05) is 16.1 Å². The molecule has 2 aromatic rings. The van der Waals surface area contributed by atoms with Crippen LogP contribution in [0.4, 0.5) is 0 Å². The third kappa shape index (κ3) is 2.45. The van der Waals surface area contributed by atoms with Crippen LogP contribution in [0.3, 0.4) is 0 Å². The Labute approximate surface area is 114 Å². The van der Waals surface area contributed by atoms with Crippen molar-refractivity contribution < 1.29 is 0 Å². The lowest BCUT2D eigenvalue weighted by Crippen LogP contribution is -2.13. The molecular weight excluding hydrogens is 238 g/mol. The van der Waals surface area contributed by atoms with Gasteiger partial charge in [0.2, 0.25) is 0 Å². The fraction of sp³-hybridized carbons (Fsp3) is 0.500. The molecule has 0 radical (unpaired) electrons. The van der Waals surface area contributed by atoms with E-state index in [-0.39, 0.29) is 0 Å². The van der Waals surface area contributed by atoms with Crippen LogP contribution in [0.1, 0.15) is 41.8 Å². The largest absolute Gasteiger partial charge is 0.312 e. The zero-order chi connectivity index (χ0) is 13.1. The maximum Gasteiger partial charge on any atom is 0.0380 e. The van der Waals surface area contributed by atoms with Crippen LogP contribution in [0.25, 0.3) is 10.1 Å². The number of fused-ring (bicyclic) bond motifs is 1. The van der Waals surface area contributed by atoms with E-state index < -0.39 is 0 Å². The van der Waals surface area contributed by atoms with E-state index in [0.29, 0.717) is 0 Å². The number of aryl methyl sites for hydroxylation is 3. The first-order chi connectivity index (χ1) is 8.69. The molecule has 0 spiro atoms. The third-order valence-corrected chi connectivity index (χ3v) is 4.86. The first-order valence-corrected chi connectivity index (χ1v) is 7.71. The van der Waals surface area contributed by atoms with Gasteiger partial charge in [-0.1, -0.05) is 26.0 Å². The summed E-state index contributed by atoms with van der Waals surface area (Å²) in [5.74, 6) is 0. The van der Waals surface area contributed by atoms with Crippen LogP contribution in [-0.2, 0) is 13.0 Å². The Hall–Kier alpha value is -0.860. The summed E-state index contributed by atoms with van der Waals surface area (Å²) in [6, 6.07) is 4.50. The summed E-state index contributed by atoms with van der Waals surface area (Å²) in [5.41, 5.74) is 4.39. The van der Waals surface area contributed by atoms with E-state index in [4.69, 9.17) is 0 Å². The fourth-order valence-electron chi connectivity index (χ4n) is 2.51. The van der Waals surface area contributed by atoms with Crippen molar-refractivity contribution >= 4 is 21.4 Å². The molecule has 0 atom stereocenters. The molecule has 1 nitrogen and oxygen atoms in total. The van der Waals surface area contributed by atoms with Gasteiger partial charge in [-0.3, -0.25) is 0 Å². The van der Waals surface area contributed by atoms with Gasteiger partial charge in [0.15, 0.2) is 0 Å². The Bertz CT molecular complexity index is 540. The highest BCUT2D eigenvalue weighted by Gasteiger charge is 2.13. The van der Waals surface area contributed by atoms with Crippen molar-refractivity contribution in [3.63, 3.8) is 0 Å². The average Bonchev–Trinajstić information content (AvgIpc) is 2.74. The summed E-state index contributed by atoms with van der Waals surface area (Å²) in [5, 5.41) is 5.05. The molecule has 0 unspecified atom stereocenters. The monoisotopic (exact) mass is 261 g/mol. The molecule has 1 N–H and O–H groups in total. The molecule has 1 heterocycles. The lowest BCUT2D eigenvalue weighted by molar-refractivity contribution is 0.679. The fourth-order valence-corrected chi connectivity index (χ4v) is 3.92. The quantitative estimate of drug-likeness (QED) is 0.777. The van der Waals surface area contributed by atoms with E-state index in [1.807, 2.05) is 11.3 Å². The first-order valence-electron chi connectivity index (χ1n) is 6.90. The first kappa shape index (κ1) is 13.6. The Morgan fingerprint density at radius 2 is 1.83 bits per heavy atom. The van der Waals surface area contributed by atoms with E-state index >= 15 is 0 Å². The van der Waals surface area contributed by atoms with Gasteiger partial charge in [0.05, 0.1) is 0 Å². The van der Waals surface area contributed by atoms with Crippen LogP contribution < -0.4 is 5.32 Å². The lowest BCUT2D eigenvalue weighted by atomic mass is 10.0. The van der Waals surface area contributed by atoms with Gasteiger partial charge in [0.1, 0.15) is 0 Å². The number of nitrogens with one attached hydrogen (secondary N) is 1. The van der Waals surface area contributed by atoms with Crippen molar-refractivity contribution in [2.45, 2.75) is 47.1 Å². The summed E-state index contributed by atoms with van der Waals surface area (Å²) in [6.45, 7) is 11.1. The van der Waals surface area contributed by atoms with Crippen LogP contribution in [-0.4, -0.2) is 6.54 Å². The summed E-state index contributed by atoms with van der Waals surface area (Å²) in [7, 11) is 0. The van der Waals surface area contributed by atoms with Crippen LogP contribution in [0.15, 0.2) is 12.1 Å². The molecule has 2 heteroatoms. The van der Waals surface area contributed by atoms with E-state index in [1.165, 1.54) is 32.5 Å². The molecule has 2 rings (SSSR count). The molecule has 0 aliphatic rings. The molecule has 1 aromatic carbocycles. The normalized spacial score (nSPS) is 11.3. The number of hydrogen-bond donors (Lipinski definition) is 1. The van der Waals surface area contributed by atoms with Gasteiger partial charge in [-0.15, -0.1) is 11.3 Å². The van der Waals surface area contributed by atoms with Gasteiger partial charge in [-0.2, -0.15) is 0 Å². The van der Waals surface area contributed by atoms with Crippen molar-refractivity contribution in [3.05, 3.63) is 33.7 Å². The summed E-state index contributed by atoms with van der Waals surface area (Å²) in [6.07, 6.45) is 2.33. The zero-order valence-corrected chi connectivity index (χ0v) is 12.7. The second kappa shape index (κ2) is 5.85. The zero-order valence-electron chi connectivity index (χ0n) is 11.9. The average molecular weight is 261 g/mol. The molecule has 0 aliphatic heterocycles. The number of rotatable bonds is 5. The molecule has 1 aromatic heterocycles. The highest BCUT2D eigenvalue weighted by atomic mass is 32.1. The van der Waals surface area contributed by atoms with Gasteiger partial charge in [-0.05, 0) is 55.3 Å². The summed E-state index contributed by atoms with van der Waals surface area (Å²) >= 11 is 1.98. The highest BCUT2D eigenvalue weighted by molar-refractivity contribution is 7.19. The van der Waals surface area contributed by atoms with Gasteiger partial charge in [0.25, 0.3) is 0 Å². The molecule has 0 saturated heterocycles. The topological polar surface area (TPSA) is 12.0 Å². The second-order valence-corrected chi connectivity index (χ2v) is 6.04. The standard InChI is InChI=1S/C16H23NS/c1-5-9-17-10-14-13(6-2)15-11(3)7-8-12(4)16(15)18-14/h7-8,17H,5-6,9-10H2,1-4H3. The van der Waals surface area contributed by atoms with Crippen LogP contribution in [0.5, 0.6) is 0 Å². The lowest BCUT2D eigenvalue weighted by Gasteiger charge is -2.05. The maximum absolute atomic E-state index is 3.54. The highest BCUT2D eigenvalue weighted by Crippen LogP contribution is 2.36.